The molecule has 320 valence electrons. The summed E-state index contributed by atoms with van der Waals surface area (Å²) in [6.45, 7) is 0. The van der Waals surface area contributed by atoms with Gasteiger partial charge in [0.25, 0.3) is 0 Å². The molecule has 8 aromatic carbocycles. The molecule has 0 fully saturated rings. The Hall–Kier alpha value is -8.00. The monoisotopic (exact) mass is 857 g/mol. The van der Waals surface area contributed by atoms with Crippen LogP contribution in [0.1, 0.15) is 41.9 Å². The summed E-state index contributed by atoms with van der Waals surface area (Å²) >= 11 is 0. The van der Waals surface area contributed by atoms with Gasteiger partial charge in [0, 0.05) is 34.1 Å². The molecule has 0 saturated carbocycles. The van der Waals surface area contributed by atoms with Crippen molar-refractivity contribution in [2.24, 2.45) is 11.8 Å². The zero-order valence-corrected chi connectivity index (χ0v) is 37.5. The highest BCUT2D eigenvalue weighted by atomic mass is 15.2. The number of hydrogen-bond donors (Lipinski definition) is 0. The lowest BCUT2D eigenvalue weighted by Crippen LogP contribution is -2.40. The first-order chi connectivity index (χ1) is 33.3. The first-order valence-electron chi connectivity index (χ1n) is 23.9. The quantitative estimate of drug-likeness (QED) is 0.138. The third-order valence-electron chi connectivity index (χ3n) is 14.2. The second-order valence-corrected chi connectivity index (χ2v) is 18.2. The molecule has 12 rings (SSSR count). The van der Waals surface area contributed by atoms with E-state index in [1.54, 1.807) is 0 Å². The van der Waals surface area contributed by atoms with E-state index in [4.69, 9.17) is 0 Å². The van der Waals surface area contributed by atoms with E-state index in [0.717, 1.165) is 24.9 Å². The van der Waals surface area contributed by atoms with Gasteiger partial charge >= 0.3 is 0 Å². The fourth-order valence-corrected chi connectivity index (χ4v) is 11.2. The minimum absolute atomic E-state index is 0.211. The highest BCUT2D eigenvalue weighted by Gasteiger charge is 2.28. The van der Waals surface area contributed by atoms with Crippen LogP contribution in [0.2, 0.25) is 0 Å². The number of fused-ring (bicyclic) bond motifs is 4. The van der Waals surface area contributed by atoms with Crippen molar-refractivity contribution in [3.63, 3.8) is 0 Å². The highest BCUT2D eigenvalue weighted by Crippen LogP contribution is 2.45. The molecule has 0 spiro atoms. The Balaban J connectivity index is 1.01. The second kappa shape index (κ2) is 17.8. The molecule has 67 heavy (non-hydrogen) atoms. The van der Waals surface area contributed by atoms with Crippen molar-refractivity contribution < 1.29 is 0 Å². The Kier molecular flexibility index (Phi) is 10.7. The van der Waals surface area contributed by atoms with Crippen LogP contribution in [0, 0.1) is 11.8 Å². The average molecular weight is 858 g/mol. The maximum absolute atomic E-state index is 2.57. The van der Waals surface area contributed by atoms with Crippen LogP contribution in [0.25, 0.3) is 55.6 Å². The molecular weight excluding hydrogens is 807 g/mol. The molecule has 3 atom stereocenters. The van der Waals surface area contributed by atoms with Crippen LogP contribution in [0.5, 0.6) is 0 Å². The van der Waals surface area contributed by atoms with Gasteiger partial charge in [-0.3, -0.25) is 0 Å². The van der Waals surface area contributed by atoms with E-state index in [-0.39, 0.29) is 5.92 Å². The van der Waals surface area contributed by atoms with Crippen LogP contribution in [-0.4, -0.2) is 0 Å². The molecule has 0 aromatic heterocycles. The predicted octanol–water partition coefficient (Wildman–Crippen LogP) is 13.4. The number of anilines is 1. The minimum Gasteiger partial charge on any atom is -0.314 e. The van der Waals surface area contributed by atoms with E-state index in [1.807, 2.05) is 0 Å². The van der Waals surface area contributed by atoms with Gasteiger partial charge in [0.2, 0.25) is 0 Å². The van der Waals surface area contributed by atoms with Crippen LogP contribution < -0.4 is 25.8 Å². The van der Waals surface area contributed by atoms with E-state index in [0.29, 0.717) is 11.8 Å². The summed E-state index contributed by atoms with van der Waals surface area (Å²) in [6, 6.07) is 67.3. The summed E-state index contributed by atoms with van der Waals surface area (Å²) in [5.74, 6) is 0.880. The van der Waals surface area contributed by atoms with Crippen LogP contribution in [0.15, 0.2) is 255 Å². The Bertz CT molecular complexity index is 3600. The average Bonchev–Trinajstić information content (AvgIpc) is 3.40. The van der Waals surface area contributed by atoms with E-state index in [9.17, 15) is 0 Å². The van der Waals surface area contributed by atoms with Crippen molar-refractivity contribution in [1.29, 1.82) is 0 Å². The number of rotatable bonds is 8. The molecule has 4 aliphatic carbocycles. The Morgan fingerprint density at radius 3 is 1.85 bits per heavy atom. The largest absolute Gasteiger partial charge is 0.314 e. The summed E-state index contributed by atoms with van der Waals surface area (Å²) in [4.78, 5) is 2.57. The fourth-order valence-electron chi connectivity index (χ4n) is 11.2. The molecule has 8 aromatic rings. The second-order valence-electron chi connectivity index (χ2n) is 18.2. The lowest BCUT2D eigenvalue weighted by Gasteiger charge is -2.35. The first kappa shape index (κ1) is 40.5. The third-order valence-corrected chi connectivity index (χ3v) is 14.2. The normalized spacial score (nSPS) is 19.1. The Labute approximate surface area is 393 Å². The van der Waals surface area contributed by atoms with Crippen LogP contribution >= 0.6 is 0 Å². The molecule has 3 unspecified atom stereocenters. The first-order valence-corrected chi connectivity index (χ1v) is 23.9. The molecular formula is C66H51N. The van der Waals surface area contributed by atoms with Crippen molar-refractivity contribution in [3.8, 4) is 11.1 Å². The van der Waals surface area contributed by atoms with Gasteiger partial charge in [-0.2, -0.15) is 0 Å². The SMILES string of the molecule is C1=CCC(/C=c2\cccc\c2=C(\c2ccccc2)c2ccc(N(C3=CCC(c4c5ccccc5c(-c5ccccc5)c5ccccc45)C=C3)C3=c4ccccc4=C4C=CC=CC4C3)cc2)C=C1. The van der Waals surface area contributed by atoms with Gasteiger partial charge in [-0.1, -0.05) is 237 Å². The lowest BCUT2D eigenvalue weighted by atomic mass is 9.81. The molecule has 1 nitrogen and oxygen atoms in total. The van der Waals surface area contributed by atoms with Gasteiger partial charge in [-0.15, -0.1) is 0 Å². The topological polar surface area (TPSA) is 3.24 Å². The molecule has 0 heterocycles. The van der Waals surface area contributed by atoms with Crippen LogP contribution in [0.3, 0.4) is 0 Å². The lowest BCUT2D eigenvalue weighted by molar-refractivity contribution is 0.814. The van der Waals surface area contributed by atoms with Crippen LogP contribution in [0.4, 0.5) is 5.69 Å². The van der Waals surface area contributed by atoms with Gasteiger partial charge in [0.15, 0.2) is 0 Å². The smallest absolute Gasteiger partial charge is 0.0458 e. The molecule has 0 aliphatic heterocycles. The van der Waals surface area contributed by atoms with Crippen molar-refractivity contribution in [1.82, 2.24) is 0 Å². The van der Waals surface area contributed by atoms with E-state index in [1.165, 1.54) is 92.8 Å². The third kappa shape index (κ3) is 7.57. The molecule has 0 N–H and O–H groups in total. The van der Waals surface area contributed by atoms with Gasteiger partial charge in [0.1, 0.15) is 0 Å². The molecule has 0 radical (unpaired) electrons. The van der Waals surface area contributed by atoms with E-state index < -0.39 is 0 Å². The fraction of sp³-hybridized carbons (Fsp3) is 0.0909. The van der Waals surface area contributed by atoms with Gasteiger partial charge in [-0.25, -0.2) is 0 Å². The zero-order chi connectivity index (χ0) is 44.5. The highest BCUT2D eigenvalue weighted by molar-refractivity contribution is 6.15. The van der Waals surface area contributed by atoms with Crippen LogP contribution in [-0.2, 0) is 0 Å². The Morgan fingerprint density at radius 1 is 0.493 bits per heavy atom. The van der Waals surface area contributed by atoms with Gasteiger partial charge in [0.05, 0.1) is 0 Å². The summed E-state index contributed by atoms with van der Waals surface area (Å²) in [5, 5.41) is 10.4. The molecule has 0 saturated heterocycles. The van der Waals surface area contributed by atoms with Crippen molar-refractivity contribution in [2.75, 3.05) is 4.90 Å². The number of hydrogen-bond acceptors (Lipinski definition) is 1. The zero-order valence-electron chi connectivity index (χ0n) is 37.5. The Morgan fingerprint density at radius 2 is 1.13 bits per heavy atom. The summed E-state index contributed by atoms with van der Waals surface area (Å²) in [6.07, 6.45) is 30.7. The number of nitrogens with zero attached hydrogens (tertiary/aromatic N) is 1. The van der Waals surface area contributed by atoms with Gasteiger partial charge in [-0.05, 0) is 120 Å². The maximum atomic E-state index is 2.57. The minimum atomic E-state index is 0.211. The number of allylic oxidation sites excluding steroid dienone is 11. The molecule has 4 aliphatic rings. The van der Waals surface area contributed by atoms with E-state index in [2.05, 4.69) is 260 Å². The standard InChI is InChI=1S/C66H51N/c1-4-20-46(21-5-1)44-51-26-11-13-29-56(51)64(47-22-6-2-7-23-47)49-36-40-53(41-37-49)67(63-45-52-27-10-12-28-55(52)57-30-14-15-31-58(57)63)54-42-38-50(39-43-54)66-61-34-18-16-32-59(61)65(48-24-8-3-9-25-48)60-33-17-19-35-62(60)66/h1-20,22-38,40-44,46,50,52H,21,39,45H2/b51-44+,64-56+. The van der Waals surface area contributed by atoms with Crippen molar-refractivity contribution in [2.45, 2.75) is 25.2 Å². The molecule has 0 bridgehead atoms. The van der Waals surface area contributed by atoms with Gasteiger partial charge < -0.3 is 4.90 Å². The van der Waals surface area contributed by atoms with E-state index >= 15 is 0 Å². The maximum Gasteiger partial charge on any atom is 0.0458 e. The molecule has 1 heteroatoms. The number of benzene rings is 8. The summed E-state index contributed by atoms with van der Waals surface area (Å²) < 4.78 is 0. The predicted molar refractivity (Wildman–Crippen MR) is 284 cm³/mol. The molecule has 0 amide bonds. The summed E-state index contributed by atoms with van der Waals surface area (Å²) in [5.41, 5.74) is 12.7. The van der Waals surface area contributed by atoms with Crippen molar-refractivity contribution >= 4 is 50.2 Å². The van der Waals surface area contributed by atoms with Crippen molar-refractivity contribution in [3.05, 3.63) is 292 Å². The summed E-state index contributed by atoms with van der Waals surface area (Å²) in [7, 11) is 0.